The van der Waals surface area contributed by atoms with Crippen LogP contribution in [0.4, 0.5) is 0 Å². The Morgan fingerprint density at radius 1 is 0.733 bits per heavy atom. The molecule has 0 aliphatic heterocycles. The Kier molecular flexibility index (Phi) is 8.07. The third kappa shape index (κ3) is 4.78. The summed E-state index contributed by atoms with van der Waals surface area (Å²) in [5.41, 5.74) is 0. The fraction of sp³-hybridized carbons (Fsp3) is 0.269. The van der Waals surface area contributed by atoms with Crippen molar-refractivity contribution in [2.45, 2.75) is 32.6 Å². The molecule has 30 heavy (non-hydrogen) atoms. The van der Waals surface area contributed by atoms with E-state index in [1.807, 2.05) is 6.92 Å². The standard InChI is InChI=1S/C26H30IO2P/c1-2-29-26(28)21-13-6-14-22-30(27,23-15-7-3-8-16-23,24-17-9-4-10-18-24)25-19-11-5-12-20-25/h3-5,7-12,15-20H,2,6,13-14,21-22H2,1H3. The van der Waals surface area contributed by atoms with Crippen LogP contribution in [0.2, 0.25) is 0 Å². The number of benzene rings is 3. The molecule has 158 valence electrons. The van der Waals surface area contributed by atoms with Crippen LogP contribution >= 0.6 is 26.3 Å². The Morgan fingerprint density at radius 2 is 1.17 bits per heavy atom. The minimum absolute atomic E-state index is 0.0846. The fourth-order valence-corrected chi connectivity index (χ4v) is 12.9. The van der Waals surface area contributed by atoms with Crippen LogP contribution in [0.3, 0.4) is 0 Å². The molecule has 0 aliphatic rings. The summed E-state index contributed by atoms with van der Waals surface area (Å²) in [5.74, 6) is -0.0846. The molecular weight excluding hydrogens is 502 g/mol. The van der Waals surface area contributed by atoms with E-state index in [9.17, 15) is 4.79 Å². The first-order valence-corrected chi connectivity index (χ1v) is 15.9. The average molecular weight is 532 g/mol. The topological polar surface area (TPSA) is 26.3 Å². The molecule has 0 spiro atoms. The number of halogens is 1. The van der Waals surface area contributed by atoms with Gasteiger partial charge in [-0.05, 0) is 0 Å². The van der Waals surface area contributed by atoms with Gasteiger partial charge in [0.2, 0.25) is 0 Å². The van der Waals surface area contributed by atoms with Gasteiger partial charge in [0, 0.05) is 0 Å². The molecule has 0 atom stereocenters. The molecule has 3 aromatic carbocycles. The SMILES string of the molecule is CCOC(=O)CCCCCP(I)(c1ccccc1)(c1ccccc1)c1ccccc1. The summed E-state index contributed by atoms with van der Waals surface area (Å²) in [6.07, 6.45) is 4.55. The Bertz CT molecular complexity index is 830. The number of hydrogen-bond donors (Lipinski definition) is 0. The van der Waals surface area contributed by atoms with Crippen molar-refractivity contribution in [2.75, 3.05) is 12.8 Å². The molecule has 0 aromatic heterocycles. The van der Waals surface area contributed by atoms with E-state index in [-0.39, 0.29) is 5.97 Å². The third-order valence-corrected chi connectivity index (χ3v) is 17.4. The summed E-state index contributed by atoms with van der Waals surface area (Å²) in [5, 5.41) is 4.23. The van der Waals surface area contributed by atoms with Crippen LogP contribution in [-0.4, -0.2) is 18.7 Å². The first-order chi connectivity index (χ1) is 14.6. The molecule has 0 heterocycles. The number of hydrogen-bond acceptors (Lipinski definition) is 2. The Balaban J connectivity index is 1.99. The summed E-state index contributed by atoms with van der Waals surface area (Å²) in [7, 11) is 0. The molecule has 0 saturated heterocycles. The molecule has 0 unspecified atom stereocenters. The molecule has 2 nitrogen and oxygen atoms in total. The van der Waals surface area contributed by atoms with Crippen LogP contribution < -0.4 is 15.9 Å². The number of unbranched alkanes of at least 4 members (excludes halogenated alkanes) is 2. The van der Waals surface area contributed by atoms with Crippen LogP contribution in [0.25, 0.3) is 0 Å². The van der Waals surface area contributed by atoms with Crippen LogP contribution in [-0.2, 0) is 9.53 Å². The van der Waals surface area contributed by atoms with E-state index in [0.717, 1.165) is 25.4 Å². The molecule has 4 heteroatoms. The number of rotatable bonds is 10. The molecule has 0 bridgehead atoms. The summed E-state index contributed by atoms with van der Waals surface area (Å²) < 4.78 is 2.41. The normalized spacial score (nSPS) is 12.7. The van der Waals surface area contributed by atoms with E-state index >= 15 is 0 Å². The van der Waals surface area contributed by atoms with E-state index in [2.05, 4.69) is 113 Å². The molecule has 3 rings (SSSR count). The van der Waals surface area contributed by atoms with E-state index in [1.54, 1.807) is 0 Å². The third-order valence-electron chi connectivity index (χ3n) is 5.65. The Labute approximate surface area is 193 Å². The molecule has 3 aromatic rings. The van der Waals surface area contributed by atoms with Crippen LogP contribution in [0.5, 0.6) is 0 Å². The van der Waals surface area contributed by atoms with Gasteiger partial charge in [0.05, 0.1) is 0 Å². The van der Waals surface area contributed by atoms with Crippen molar-refractivity contribution in [3.63, 3.8) is 0 Å². The number of carbonyl (C=O) groups is 1. The first kappa shape index (κ1) is 23.0. The minimum atomic E-state index is -2.68. The van der Waals surface area contributed by atoms with Crippen LogP contribution in [0.1, 0.15) is 32.6 Å². The van der Waals surface area contributed by atoms with Gasteiger partial charge in [-0.1, -0.05) is 0 Å². The van der Waals surface area contributed by atoms with Crippen molar-refractivity contribution in [1.29, 1.82) is 0 Å². The second-order valence-corrected chi connectivity index (χ2v) is 18.3. The monoisotopic (exact) mass is 532 g/mol. The molecule has 0 aliphatic carbocycles. The Hall–Kier alpha value is -1.71. The zero-order chi connectivity index (χ0) is 21.3. The Morgan fingerprint density at radius 3 is 1.57 bits per heavy atom. The molecule has 0 fully saturated rings. The zero-order valence-corrected chi connectivity index (χ0v) is 20.6. The van der Waals surface area contributed by atoms with Crippen molar-refractivity contribution >= 4 is 48.2 Å². The second kappa shape index (κ2) is 10.5. The van der Waals surface area contributed by atoms with Crippen molar-refractivity contribution in [3.05, 3.63) is 91.0 Å². The van der Waals surface area contributed by atoms with Gasteiger partial charge in [0.25, 0.3) is 0 Å². The van der Waals surface area contributed by atoms with Gasteiger partial charge < -0.3 is 0 Å². The summed E-state index contributed by atoms with van der Waals surface area (Å²) in [6, 6.07) is 33.0. The molecular formula is C26H30IO2P. The van der Waals surface area contributed by atoms with E-state index < -0.39 is 4.25 Å². The first-order valence-electron chi connectivity index (χ1n) is 10.6. The van der Waals surface area contributed by atoms with E-state index in [4.69, 9.17) is 4.74 Å². The van der Waals surface area contributed by atoms with Gasteiger partial charge in [-0.2, -0.15) is 0 Å². The number of ether oxygens (including phenoxy) is 1. The zero-order valence-electron chi connectivity index (χ0n) is 17.5. The van der Waals surface area contributed by atoms with Crippen molar-refractivity contribution in [2.24, 2.45) is 0 Å². The van der Waals surface area contributed by atoms with Gasteiger partial charge in [0.1, 0.15) is 0 Å². The van der Waals surface area contributed by atoms with Crippen LogP contribution in [0.15, 0.2) is 91.0 Å². The molecule has 0 N–H and O–H groups in total. The van der Waals surface area contributed by atoms with Gasteiger partial charge in [0.15, 0.2) is 0 Å². The quantitative estimate of drug-likeness (QED) is 0.139. The number of esters is 1. The molecule has 0 amide bonds. The van der Waals surface area contributed by atoms with Gasteiger partial charge in [-0.3, -0.25) is 0 Å². The maximum atomic E-state index is 11.7. The average Bonchev–Trinajstić information content (AvgIpc) is 2.81. The van der Waals surface area contributed by atoms with Gasteiger partial charge in [-0.25, -0.2) is 0 Å². The van der Waals surface area contributed by atoms with Crippen molar-refractivity contribution in [3.8, 4) is 0 Å². The predicted octanol–water partition coefficient (Wildman–Crippen LogP) is 5.99. The summed E-state index contributed by atoms with van der Waals surface area (Å²) in [6.45, 7) is 2.32. The van der Waals surface area contributed by atoms with Gasteiger partial charge in [-0.15, -0.1) is 0 Å². The van der Waals surface area contributed by atoms with Crippen LogP contribution in [0, 0.1) is 0 Å². The number of carbonyl (C=O) groups excluding carboxylic acids is 1. The van der Waals surface area contributed by atoms with Crippen molar-refractivity contribution < 1.29 is 9.53 Å². The fourth-order valence-electron chi connectivity index (χ4n) is 4.14. The molecule has 0 radical (unpaired) electrons. The van der Waals surface area contributed by atoms with Crippen molar-refractivity contribution in [1.82, 2.24) is 0 Å². The predicted molar refractivity (Wildman–Crippen MR) is 139 cm³/mol. The maximum absolute atomic E-state index is 11.7. The van der Waals surface area contributed by atoms with E-state index in [0.29, 0.717) is 13.0 Å². The summed E-state index contributed by atoms with van der Waals surface area (Å²) >= 11 is 2.82. The van der Waals surface area contributed by atoms with Gasteiger partial charge >= 0.3 is 194 Å². The molecule has 0 saturated carbocycles. The van der Waals surface area contributed by atoms with E-state index in [1.165, 1.54) is 15.9 Å². The second-order valence-electron chi connectivity index (χ2n) is 7.53. The summed E-state index contributed by atoms with van der Waals surface area (Å²) in [4.78, 5) is 11.7.